The fourth-order valence-electron chi connectivity index (χ4n) is 1.74. The second-order valence-corrected chi connectivity index (χ2v) is 4.30. The largest absolute Gasteiger partial charge is 0.495 e. The van der Waals surface area contributed by atoms with Gasteiger partial charge in [-0.15, -0.1) is 0 Å². The van der Waals surface area contributed by atoms with Crippen LogP contribution in [0.5, 0.6) is 5.75 Å². The summed E-state index contributed by atoms with van der Waals surface area (Å²) in [5.41, 5.74) is 1.10. The van der Waals surface area contributed by atoms with E-state index in [0.29, 0.717) is 36.6 Å². The van der Waals surface area contributed by atoms with Gasteiger partial charge in [0.1, 0.15) is 12.4 Å². The molecule has 0 bridgehead atoms. The van der Waals surface area contributed by atoms with Gasteiger partial charge in [0, 0.05) is 25.8 Å². The number of likely N-dealkylation sites (N-methyl/N-ethyl adjacent to an activating group) is 1. The van der Waals surface area contributed by atoms with Crippen LogP contribution in [0.3, 0.4) is 0 Å². The highest BCUT2D eigenvalue weighted by Gasteiger charge is 2.13. The molecule has 0 aromatic heterocycles. The van der Waals surface area contributed by atoms with Crippen molar-refractivity contribution in [2.45, 2.75) is 6.92 Å². The minimum Gasteiger partial charge on any atom is -0.495 e. The summed E-state index contributed by atoms with van der Waals surface area (Å²) in [7, 11) is 3.26. The highest BCUT2D eigenvalue weighted by atomic mass is 16.5. The molecule has 0 heterocycles. The van der Waals surface area contributed by atoms with Gasteiger partial charge >= 0.3 is 0 Å². The molecule has 1 aromatic carbocycles. The highest BCUT2D eigenvalue weighted by molar-refractivity contribution is 5.94. The third kappa shape index (κ3) is 5.10. The molecule has 0 unspecified atom stereocenters. The lowest BCUT2D eigenvalue weighted by Crippen LogP contribution is -2.30. The monoisotopic (exact) mass is 291 g/mol. The Morgan fingerprint density at radius 2 is 2.19 bits per heavy atom. The van der Waals surface area contributed by atoms with E-state index in [1.54, 1.807) is 30.1 Å². The van der Waals surface area contributed by atoms with E-state index >= 15 is 0 Å². The summed E-state index contributed by atoms with van der Waals surface area (Å²) in [6, 6.07) is 5.06. The van der Waals surface area contributed by atoms with Gasteiger partial charge in [0.2, 0.25) is 0 Å². The lowest BCUT2D eigenvalue weighted by Gasteiger charge is -2.17. The van der Waals surface area contributed by atoms with E-state index in [1.165, 1.54) is 7.11 Å². The van der Waals surface area contributed by atoms with Gasteiger partial charge in [-0.1, -0.05) is 11.8 Å². The molecule has 114 valence electrons. The van der Waals surface area contributed by atoms with Crippen molar-refractivity contribution in [1.82, 2.24) is 4.90 Å². The SMILES string of the molecule is CCOCCN(C)C(=O)c1ccc(OC)c(C#CCO)c1. The summed E-state index contributed by atoms with van der Waals surface area (Å²) in [6.45, 7) is 3.33. The summed E-state index contributed by atoms with van der Waals surface area (Å²) in [5, 5.41) is 8.77. The second kappa shape index (κ2) is 9.01. The first-order chi connectivity index (χ1) is 10.1. The predicted molar refractivity (Wildman–Crippen MR) is 80.4 cm³/mol. The van der Waals surface area contributed by atoms with Crippen LogP contribution in [0, 0.1) is 11.8 Å². The first-order valence-corrected chi connectivity index (χ1v) is 6.75. The fourth-order valence-corrected chi connectivity index (χ4v) is 1.74. The van der Waals surface area contributed by atoms with E-state index in [4.69, 9.17) is 14.6 Å². The zero-order valence-electron chi connectivity index (χ0n) is 12.7. The molecule has 21 heavy (non-hydrogen) atoms. The predicted octanol–water partition coefficient (Wildman–Crippen LogP) is 1.15. The number of carbonyl (C=O) groups is 1. The van der Waals surface area contributed by atoms with Crippen molar-refractivity contribution in [2.24, 2.45) is 0 Å². The Morgan fingerprint density at radius 1 is 1.43 bits per heavy atom. The van der Waals surface area contributed by atoms with Crippen LogP contribution >= 0.6 is 0 Å². The number of nitrogens with zero attached hydrogens (tertiary/aromatic N) is 1. The normalized spacial score (nSPS) is 9.71. The van der Waals surface area contributed by atoms with Gasteiger partial charge < -0.3 is 19.5 Å². The van der Waals surface area contributed by atoms with E-state index in [9.17, 15) is 4.79 Å². The Balaban J connectivity index is 2.89. The number of benzene rings is 1. The lowest BCUT2D eigenvalue weighted by atomic mass is 10.1. The van der Waals surface area contributed by atoms with Crippen molar-refractivity contribution in [3.05, 3.63) is 29.3 Å². The first kappa shape index (κ1) is 17.0. The van der Waals surface area contributed by atoms with E-state index in [0.717, 1.165) is 0 Å². The Labute approximate surface area is 125 Å². The maximum absolute atomic E-state index is 12.3. The van der Waals surface area contributed by atoms with Crippen LogP contribution in [-0.4, -0.2) is 56.4 Å². The molecule has 1 amide bonds. The third-order valence-electron chi connectivity index (χ3n) is 2.87. The topological polar surface area (TPSA) is 59.0 Å². The average molecular weight is 291 g/mol. The Bertz CT molecular complexity index is 531. The first-order valence-electron chi connectivity index (χ1n) is 6.75. The Morgan fingerprint density at radius 3 is 2.81 bits per heavy atom. The summed E-state index contributed by atoms with van der Waals surface area (Å²) in [4.78, 5) is 13.9. The lowest BCUT2D eigenvalue weighted by molar-refractivity contribution is 0.0710. The van der Waals surface area contributed by atoms with E-state index in [1.807, 2.05) is 6.92 Å². The van der Waals surface area contributed by atoms with E-state index < -0.39 is 0 Å². The minimum absolute atomic E-state index is 0.107. The summed E-state index contributed by atoms with van der Waals surface area (Å²) < 4.78 is 10.4. The molecule has 0 saturated heterocycles. The molecule has 0 radical (unpaired) electrons. The molecular formula is C16H21NO4. The molecule has 5 nitrogen and oxygen atoms in total. The van der Waals surface area contributed by atoms with Crippen LogP contribution in [0.15, 0.2) is 18.2 Å². The minimum atomic E-state index is -0.240. The summed E-state index contributed by atoms with van der Waals surface area (Å²) in [5.74, 6) is 5.80. The molecule has 0 saturated carbocycles. The number of hydrogen-bond acceptors (Lipinski definition) is 4. The van der Waals surface area contributed by atoms with Gasteiger partial charge in [-0.2, -0.15) is 0 Å². The second-order valence-electron chi connectivity index (χ2n) is 4.30. The van der Waals surface area contributed by atoms with Crippen LogP contribution in [-0.2, 0) is 4.74 Å². The molecule has 0 aliphatic rings. The number of methoxy groups -OCH3 is 1. The van der Waals surface area contributed by atoms with E-state index in [-0.39, 0.29) is 12.5 Å². The number of aliphatic hydroxyl groups excluding tert-OH is 1. The van der Waals surface area contributed by atoms with Crippen molar-refractivity contribution < 1.29 is 19.4 Å². The molecule has 1 aromatic rings. The number of amides is 1. The Kier molecular flexibility index (Phi) is 7.30. The van der Waals surface area contributed by atoms with Gasteiger partial charge in [0.25, 0.3) is 5.91 Å². The van der Waals surface area contributed by atoms with Crippen molar-refractivity contribution in [3.63, 3.8) is 0 Å². The van der Waals surface area contributed by atoms with Gasteiger partial charge in [0.05, 0.1) is 19.3 Å². The van der Waals surface area contributed by atoms with Crippen molar-refractivity contribution in [3.8, 4) is 17.6 Å². The quantitative estimate of drug-likeness (QED) is 0.631. The molecule has 1 N–H and O–H groups in total. The number of rotatable bonds is 6. The van der Waals surface area contributed by atoms with Gasteiger partial charge in [-0.05, 0) is 25.1 Å². The fraction of sp³-hybridized carbons (Fsp3) is 0.438. The van der Waals surface area contributed by atoms with Crippen LogP contribution in [0.25, 0.3) is 0 Å². The van der Waals surface area contributed by atoms with Crippen molar-refractivity contribution in [2.75, 3.05) is 40.5 Å². The zero-order valence-corrected chi connectivity index (χ0v) is 12.7. The summed E-state index contributed by atoms with van der Waals surface area (Å²) >= 11 is 0. The number of hydrogen-bond donors (Lipinski definition) is 1. The number of carbonyl (C=O) groups excluding carboxylic acids is 1. The van der Waals surface area contributed by atoms with Gasteiger partial charge in [0.15, 0.2) is 0 Å². The molecule has 0 fully saturated rings. The molecule has 0 aliphatic carbocycles. The third-order valence-corrected chi connectivity index (χ3v) is 2.87. The molecule has 5 heteroatoms. The molecule has 0 aliphatic heterocycles. The van der Waals surface area contributed by atoms with Crippen LogP contribution in [0.4, 0.5) is 0 Å². The van der Waals surface area contributed by atoms with E-state index in [2.05, 4.69) is 11.8 Å². The molecule has 0 atom stereocenters. The maximum atomic E-state index is 12.3. The van der Waals surface area contributed by atoms with Crippen LogP contribution < -0.4 is 4.74 Å². The van der Waals surface area contributed by atoms with Crippen molar-refractivity contribution >= 4 is 5.91 Å². The zero-order chi connectivity index (χ0) is 15.7. The highest BCUT2D eigenvalue weighted by Crippen LogP contribution is 2.19. The average Bonchev–Trinajstić information content (AvgIpc) is 2.51. The molecule has 1 rings (SSSR count). The maximum Gasteiger partial charge on any atom is 0.253 e. The Hall–Kier alpha value is -2.03. The van der Waals surface area contributed by atoms with Crippen LogP contribution in [0.1, 0.15) is 22.8 Å². The van der Waals surface area contributed by atoms with Crippen LogP contribution in [0.2, 0.25) is 0 Å². The smallest absolute Gasteiger partial charge is 0.253 e. The molecular weight excluding hydrogens is 270 g/mol. The van der Waals surface area contributed by atoms with Gasteiger partial charge in [-0.3, -0.25) is 4.79 Å². The molecule has 0 spiro atoms. The summed E-state index contributed by atoms with van der Waals surface area (Å²) in [6.07, 6.45) is 0. The standard InChI is InChI=1S/C16H21NO4/c1-4-21-11-9-17(2)16(19)14-7-8-15(20-3)13(12-14)6-5-10-18/h7-8,12,18H,4,9-11H2,1-3H3. The number of aliphatic hydroxyl groups is 1. The number of ether oxygens (including phenoxy) is 2. The van der Waals surface area contributed by atoms with Crippen molar-refractivity contribution in [1.29, 1.82) is 0 Å². The van der Waals surface area contributed by atoms with Gasteiger partial charge in [-0.25, -0.2) is 0 Å².